The molecule has 0 heterocycles. The highest BCUT2D eigenvalue weighted by Crippen LogP contribution is 2.16. The van der Waals surface area contributed by atoms with Gasteiger partial charge in [0.05, 0.1) is 11.5 Å². The Bertz CT molecular complexity index is 473. The maximum Gasteiger partial charge on any atom is 0.240 e. The number of aliphatic hydroxyl groups excluding tert-OH is 1. The van der Waals surface area contributed by atoms with Gasteiger partial charge in [-0.2, -0.15) is 0 Å². The molecule has 0 aliphatic carbocycles. The second kappa shape index (κ2) is 6.52. The zero-order chi connectivity index (χ0) is 13.8. The molecule has 4 nitrogen and oxygen atoms in total. The van der Waals surface area contributed by atoms with Crippen molar-refractivity contribution in [1.29, 1.82) is 0 Å². The molecule has 6 heteroatoms. The van der Waals surface area contributed by atoms with E-state index in [4.69, 9.17) is 11.6 Å². The van der Waals surface area contributed by atoms with E-state index in [1.165, 1.54) is 24.3 Å². The smallest absolute Gasteiger partial charge is 0.240 e. The molecule has 1 rings (SSSR count). The summed E-state index contributed by atoms with van der Waals surface area (Å²) in [7, 11) is -3.61. The summed E-state index contributed by atoms with van der Waals surface area (Å²) in [6.45, 7) is 3.62. The fourth-order valence-electron chi connectivity index (χ4n) is 1.50. The van der Waals surface area contributed by atoms with Crippen LogP contribution in [0.4, 0.5) is 0 Å². The minimum Gasteiger partial charge on any atom is -0.395 e. The van der Waals surface area contributed by atoms with Crippen molar-refractivity contribution in [2.75, 3.05) is 6.61 Å². The van der Waals surface area contributed by atoms with Crippen molar-refractivity contribution in [3.8, 4) is 0 Å². The van der Waals surface area contributed by atoms with Gasteiger partial charge < -0.3 is 5.11 Å². The highest BCUT2D eigenvalue weighted by molar-refractivity contribution is 7.89. The van der Waals surface area contributed by atoms with Gasteiger partial charge in [-0.05, 0) is 30.2 Å². The summed E-state index contributed by atoms with van der Waals surface area (Å²) in [5.41, 5.74) is 0. The van der Waals surface area contributed by atoms with Gasteiger partial charge in [-0.25, -0.2) is 13.1 Å². The molecule has 2 N–H and O–H groups in total. The Labute approximate surface area is 113 Å². The van der Waals surface area contributed by atoms with Crippen molar-refractivity contribution in [3.63, 3.8) is 0 Å². The first-order valence-electron chi connectivity index (χ1n) is 5.79. The van der Waals surface area contributed by atoms with Crippen LogP contribution in [0.15, 0.2) is 29.2 Å². The SMILES string of the molecule is CC[C@@H](C)[C@@H](CO)NS(=O)(=O)c1ccc(Cl)cc1. The zero-order valence-corrected chi connectivity index (χ0v) is 12.0. The predicted octanol–water partition coefficient (Wildman–Crippen LogP) is 2.03. The molecule has 0 aliphatic heterocycles. The van der Waals surface area contributed by atoms with E-state index in [0.717, 1.165) is 6.42 Å². The Hall–Kier alpha value is -0.620. The number of hydrogen-bond donors (Lipinski definition) is 2. The van der Waals surface area contributed by atoms with Crippen LogP contribution in [0.5, 0.6) is 0 Å². The zero-order valence-electron chi connectivity index (χ0n) is 10.4. The number of aliphatic hydroxyl groups is 1. The van der Waals surface area contributed by atoms with Gasteiger partial charge in [0.1, 0.15) is 0 Å². The number of halogens is 1. The van der Waals surface area contributed by atoms with Crippen molar-refractivity contribution in [1.82, 2.24) is 4.72 Å². The standard InChI is InChI=1S/C12H18ClNO3S/c1-3-9(2)12(8-15)14-18(16,17)11-6-4-10(13)5-7-11/h4-7,9,12,14-15H,3,8H2,1-2H3/t9-,12-/m1/s1. The Kier molecular flexibility index (Phi) is 5.59. The average molecular weight is 292 g/mol. The van der Waals surface area contributed by atoms with Crippen molar-refractivity contribution >= 4 is 21.6 Å². The van der Waals surface area contributed by atoms with Gasteiger partial charge in [0, 0.05) is 11.1 Å². The van der Waals surface area contributed by atoms with Gasteiger partial charge >= 0.3 is 0 Å². The molecule has 0 amide bonds. The van der Waals surface area contributed by atoms with E-state index in [2.05, 4.69) is 4.72 Å². The Morgan fingerprint density at radius 1 is 1.33 bits per heavy atom. The Balaban J connectivity index is 2.90. The van der Waals surface area contributed by atoms with Crippen LogP contribution in [0, 0.1) is 5.92 Å². The minimum absolute atomic E-state index is 0.0667. The Morgan fingerprint density at radius 2 is 1.89 bits per heavy atom. The summed E-state index contributed by atoms with van der Waals surface area (Å²) in [4.78, 5) is 0.147. The van der Waals surface area contributed by atoms with Crippen molar-refractivity contribution in [3.05, 3.63) is 29.3 Å². The minimum atomic E-state index is -3.61. The summed E-state index contributed by atoms with van der Waals surface area (Å²) >= 11 is 5.71. The van der Waals surface area contributed by atoms with Crippen LogP contribution in [0.1, 0.15) is 20.3 Å². The lowest BCUT2D eigenvalue weighted by Crippen LogP contribution is -2.41. The van der Waals surface area contributed by atoms with E-state index in [1.807, 2.05) is 13.8 Å². The fourth-order valence-corrected chi connectivity index (χ4v) is 2.96. The molecular weight excluding hydrogens is 274 g/mol. The highest BCUT2D eigenvalue weighted by Gasteiger charge is 2.22. The summed E-state index contributed by atoms with van der Waals surface area (Å²) < 4.78 is 26.6. The molecule has 0 aliphatic rings. The molecule has 0 bridgehead atoms. The molecule has 0 unspecified atom stereocenters. The van der Waals surface area contributed by atoms with Gasteiger partial charge in [-0.1, -0.05) is 31.9 Å². The van der Waals surface area contributed by atoms with Crippen LogP contribution in [0.3, 0.4) is 0 Å². The molecular formula is C12H18ClNO3S. The molecule has 0 radical (unpaired) electrons. The van der Waals surface area contributed by atoms with E-state index < -0.39 is 16.1 Å². The van der Waals surface area contributed by atoms with Gasteiger partial charge in [-0.3, -0.25) is 0 Å². The number of rotatable bonds is 6. The highest BCUT2D eigenvalue weighted by atomic mass is 35.5. The topological polar surface area (TPSA) is 66.4 Å². The fraction of sp³-hybridized carbons (Fsp3) is 0.500. The molecule has 1 aromatic carbocycles. The molecule has 102 valence electrons. The quantitative estimate of drug-likeness (QED) is 0.843. The number of hydrogen-bond acceptors (Lipinski definition) is 3. The maximum atomic E-state index is 12.1. The molecule has 0 saturated heterocycles. The molecule has 0 aromatic heterocycles. The molecule has 1 aromatic rings. The van der Waals surface area contributed by atoms with Gasteiger partial charge in [0.2, 0.25) is 10.0 Å². The molecule has 0 fully saturated rings. The summed E-state index contributed by atoms with van der Waals surface area (Å²) in [6.07, 6.45) is 0.786. The van der Waals surface area contributed by atoms with E-state index in [9.17, 15) is 13.5 Å². The molecule has 0 spiro atoms. The third-order valence-corrected chi connectivity index (χ3v) is 4.72. The largest absolute Gasteiger partial charge is 0.395 e. The molecule has 0 saturated carbocycles. The maximum absolute atomic E-state index is 12.1. The van der Waals surface area contributed by atoms with E-state index in [1.54, 1.807) is 0 Å². The summed E-state index contributed by atoms with van der Waals surface area (Å²) in [6, 6.07) is 5.45. The van der Waals surface area contributed by atoms with E-state index in [-0.39, 0.29) is 17.4 Å². The monoisotopic (exact) mass is 291 g/mol. The lowest BCUT2D eigenvalue weighted by Gasteiger charge is -2.21. The second-order valence-electron chi connectivity index (χ2n) is 4.25. The number of sulfonamides is 1. The van der Waals surface area contributed by atoms with Crippen LogP contribution in [-0.4, -0.2) is 26.2 Å². The van der Waals surface area contributed by atoms with Crippen LogP contribution in [0.25, 0.3) is 0 Å². The van der Waals surface area contributed by atoms with Gasteiger partial charge in [-0.15, -0.1) is 0 Å². The summed E-state index contributed by atoms with van der Waals surface area (Å²) in [5.74, 6) is 0.0667. The van der Waals surface area contributed by atoms with Crippen molar-refractivity contribution < 1.29 is 13.5 Å². The van der Waals surface area contributed by atoms with Crippen molar-refractivity contribution in [2.24, 2.45) is 5.92 Å². The van der Waals surface area contributed by atoms with Crippen LogP contribution in [-0.2, 0) is 10.0 Å². The number of nitrogens with one attached hydrogen (secondary N) is 1. The average Bonchev–Trinajstić information content (AvgIpc) is 2.35. The van der Waals surface area contributed by atoms with Crippen LogP contribution in [0.2, 0.25) is 5.02 Å². The normalized spacial score (nSPS) is 15.3. The molecule has 2 atom stereocenters. The third kappa shape index (κ3) is 3.95. The van der Waals surface area contributed by atoms with Gasteiger partial charge in [0.15, 0.2) is 0 Å². The van der Waals surface area contributed by atoms with E-state index in [0.29, 0.717) is 5.02 Å². The lowest BCUT2D eigenvalue weighted by atomic mass is 10.0. The second-order valence-corrected chi connectivity index (χ2v) is 6.40. The van der Waals surface area contributed by atoms with Gasteiger partial charge in [0.25, 0.3) is 0 Å². The van der Waals surface area contributed by atoms with E-state index >= 15 is 0 Å². The predicted molar refractivity (Wildman–Crippen MR) is 72.1 cm³/mol. The first-order chi connectivity index (χ1) is 8.40. The lowest BCUT2D eigenvalue weighted by molar-refractivity contribution is 0.219. The first kappa shape index (κ1) is 15.4. The number of benzene rings is 1. The first-order valence-corrected chi connectivity index (χ1v) is 7.65. The van der Waals surface area contributed by atoms with Crippen molar-refractivity contribution in [2.45, 2.75) is 31.2 Å². The summed E-state index contributed by atoms with van der Waals surface area (Å²) in [5, 5.41) is 9.71. The van der Waals surface area contributed by atoms with Crippen LogP contribution >= 0.6 is 11.6 Å². The molecule has 18 heavy (non-hydrogen) atoms. The third-order valence-electron chi connectivity index (χ3n) is 2.96. The van der Waals surface area contributed by atoms with Crippen LogP contribution < -0.4 is 4.72 Å². The Morgan fingerprint density at radius 3 is 2.33 bits per heavy atom.